The molecule has 1 aliphatic heterocycles. The minimum Gasteiger partial charge on any atom is -0.381 e. The van der Waals surface area contributed by atoms with Crippen molar-refractivity contribution < 1.29 is 17.5 Å². The minimum absolute atomic E-state index is 0.0535. The fraction of sp³-hybridized carbons (Fsp3) is 0.538. The average molecular weight is 366 g/mol. The van der Waals surface area contributed by atoms with Crippen LogP contribution in [0.5, 0.6) is 0 Å². The summed E-state index contributed by atoms with van der Waals surface area (Å²) in [4.78, 5) is 0.0535. The molecular weight excluding hydrogens is 349 g/mol. The molecule has 1 aromatic carbocycles. The Hall–Kier alpha value is -0.500. The van der Waals surface area contributed by atoms with E-state index in [2.05, 4.69) is 20.7 Å². The molecule has 2 rings (SSSR count). The van der Waals surface area contributed by atoms with Crippen LogP contribution in [0, 0.1) is 11.7 Å². The summed E-state index contributed by atoms with van der Waals surface area (Å²) in [5.74, 6) is -0.217. The second-order valence-electron chi connectivity index (χ2n) is 4.93. The fourth-order valence-corrected chi connectivity index (χ4v) is 4.68. The Labute approximate surface area is 126 Å². The van der Waals surface area contributed by atoms with Gasteiger partial charge in [-0.2, -0.15) is 0 Å². The van der Waals surface area contributed by atoms with Crippen molar-refractivity contribution in [1.29, 1.82) is 0 Å². The summed E-state index contributed by atoms with van der Waals surface area (Å²) in [7, 11) is -3.66. The molecule has 0 amide bonds. The van der Waals surface area contributed by atoms with Gasteiger partial charge in [-0.05, 0) is 59.8 Å². The molecular formula is C13H17BrFNO3S. The molecule has 1 fully saturated rings. The molecule has 0 spiro atoms. The van der Waals surface area contributed by atoms with E-state index in [1.165, 1.54) is 6.07 Å². The van der Waals surface area contributed by atoms with Crippen LogP contribution in [0.15, 0.2) is 27.6 Å². The Morgan fingerprint density at radius 2 is 2.05 bits per heavy atom. The molecule has 0 saturated carbocycles. The summed E-state index contributed by atoms with van der Waals surface area (Å²) >= 11 is 3.09. The molecule has 1 saturated heterocycles. The van der Waals surface area contributed by atoms with Gasteiger partial charge in [0.15, 0.2) is 0 Å². The van der Waals surface area contributed by atoms with Crippen molar-refractivity contribution in [2.45, 2.75) is 30.7 Å². The molecule has 1 heterocycles. The van der Waals surface area contributed by atoms with Crippen molar-refractivity contribution in [3.05, 3.63) is 28.5 Å². The second-order valence-corrected chi connectivity index (χ2v) is 7.47. The lowest BCUT2D eigenvalue weighted by Gasteiger charge is -2.28. The number of benzene rings is 1. The van der Waals surface area contributed by atoms with E-state index < -0.39 is 15.8 Å². The zero-order chi connectivity index (χ0) is 14.8. The van der Waals surface area contributed by atoms with Gasteiger partial charge in [0.25, 0.3) is 0 Å². The van der Waals surface area contributed by atoms with Crippen molar-refractivity contribution in [2.75, 3.05) is 13.2 Å². The first-order valence-corrected chi connectivity index (χ1v) is 8.73. The van der Waals surface area contributed by atoms with Crippen LogP contribution >= 0.6 is 15.9 Å². The maximum absolute atomic E-state index is 13.0. The monoisotopic (exact) mass is 365 g/mol. The van der Waals surface area contributed by atoms with Gasteiger partial charge in [-0.3, -0.25) is 0 Å². The van der Waals surface area contributed by atoms with E-state index in [0.717, 1.165) is 25.0 Å². The van der Waals surface area contributed by atoms with Gasteiger partial charge in [-0.1, -0.05) is 0 Å². The van der Waals surface area contributed by atoms with Crippen molar-refractivity contribution in [2.24, 2.45) is 5.92 Å². The molecule has 0 aliphatic carbocycles. The molecule has 112 valence electrons. The predicted octanol–water partition coefficient (Wildman–Crippen LogP) is 2.68. The lowest BCUT2D eigenvalue weighted by Crippen LogP contribution is -2.40. The summed E-state index contributed by atoms with van der Waals surface area (Å²) < 4.78 is 45.8. The Kier molecular flexibility index (Phi) is 5.17. The lowest BCUT2D eigenvalue weighted by atomic mass is 9.94. The van der Waals surface area contributed by atoms with Gasteiger partial charge in [-0.25, -0.2) is 17.5 Å². The van der Waals surface area contributed by atoms with E-state index in [9.17, 15) is 12.8 Å². The van der Waals surface area contributed by atoms with E-state index in [1.807, 2.05) is 6.92 Å². The quantitative estimate of drug-likeness (QED) is 0.892. The van der Waals surface area contributed by atoms with Crippen LogP contribution in [0.4, 0.5) is 4.39 Å². The van der Waals surface area contributed by atoms with Gasteiger partial charge in [0.1, 0.15) is 5.82 Å². The van der Waals surface area contributed by atoms with E-state index in [0.29, 0.717) is 13.2 Å². The zero-order valence-electron chi connectivity index (χ0n) is 11.1. The second kappa shape index (κ2) is 6.51. The van der Waals surface area contributed by atoms with Crippen LogP contribution in [-0.2, 0) is 14.8 Å². The smallest absolute Gasteiger partial charge is 0.241 e. The van der Waals surface area contributed by atoms with Gasteiger partial charge in [-0.15, -0.1) is 0 Å². The SMILES string of the molecule is CC(NS(=O)(=O)c1ccc(F)cc1Br)C1CCOCC1. The first kappa shape index (κ1) is 15.9. The van der Waals surface area contributed by atoms with E-state index in [1.54, 1.807) is 0 Å². The number of ether oxygens (including phenoxy) is 1. The highest BCUT2D eigenvalue weighted by Crippen LogP contribution is 2.25. The van der Waals surface area contributed by atoms with Crippen LogP contribution in [0.2, 0.25) is 0 Å². The number of rotatable bonds is 4. The maximum atomic E-state index is 13.0. The third-order valence-corrected chi connectivity index (χ3v) is 6.03. The van der Waals surface area contributed by atoms with E-state index in [-0.39, 0.29) is 21.3 Å². The third-order valence-electron chi connectivity index (χ3n) is 3.50. The standard InChI is InChI=1S/C13H17BrFNO3S/c1-9(10-4-6-19-7-5-10)16-20(17,18)13-3-2-11(15)8-12(13)14/h2-3,8-10,16H,4-7H2,1H3. The molecule has 0 bridgehead atoms. The number of nitrogens with one attached hydrogen (secondary N) is 1. The summed E-state index contributed by atoms with van der Waals surface area (Å²) in [5, 5.41) is 0. The normalized spacial score (nSPS) is 18.9. The van der Waals surface area contributed by atoms with Crippen LogP contribution in [-0.4, -0.2) is 27.7 Å². The van der Waals surface area contributed by atoms with Gasteiger partial charge in [0.2, 0.25) is 10.0 Å². The summed E-state index contributed by atoms with van der Waals surface area (Å²) in [6, 6.07) is 3.37. The molecule has 0 radical (unpaired) electrons. The van der Waals surface area contributed by atoms with Crippen LogP contribution < -0.4 is 4.72 Å². The highest BCUT2D eigenvalue weighted by molar-refractivity contribution is 9.10. The first-order valence-electron chi connectivity index (χ1n) is 6.45. The summed E-state index contributed by atoms with van der Waals surface area (Å²) in [6.07, 6.45) is 1.68. The summed E-state index contributed by atoms with van der Waals surface area (Å²) in [5.41, 5.74) is 0. The number of hydrogen-bond donors (Lipinski definition) is 1. The number of sulfonamides is 1. The molecule has 7 heteroatoms. The van der Waals surface area contributed by atoms with Crippen molar-refractivity contribution in [1.82, 2.24) is 4.72 Å². The molecule has 1 atom stereocenters. The Morgan fingerprint density at radius 3 is 2.65 bits per heavy atom. The highest BCUT2D eigenvalue weighted by Gasteiger charge is 2.26. The molecule has 1 aromatic rings. The Morgan fingerprint density at radius 1 is 1.40 bits per heavy atom. The van der Waals surface area contributed by atoms with Crippen LogP contribution in [0.25, 0.3) is 0 Å². The van der Waals surface area contributed by atoms with Gasteiger partial charge < -0.3 is 4.74 Å². The lowest BCUT2D eigenvalue weighted by molar-refractivity contribution is 0.0585. The molecule has 1 aliphatic rings. The average Bonchev–Trinajstić information content (AvgIpc) is 2.38. The molecule has 0 aromatic heterocycles. The largest absolute Gasteiger partial charge is 0.381 e. The Balaban J connectivity index is 2.13. The topological polar surface area (TPSA) is 55.4 Å². The third kappa shape index (κ3) is 3.78. The van der Waals surface area contributed by atoms with Gasteiger partial charge >= 0.3 is 0 Å². The van der Waals surface area contributed by atoms with Crippen LogP contribution in [0.3, 0.4) is 0 Å². The first-order chi connectivity index (χ1) is 9.40. The summed E-state index contributed by atoms with van der Waals surface area (Å²) in [6.45, 7) is 3.18. The van der Waals surface area contributed by atoms with Crippen LogP contribution in [0.1, 0.15) is 19.8 Å². The van der Waals surface area contributed by atoms with Gasteiger partial charge in [0.05, 0.1) is 4.90 Å². The van der Waals surface area contributed by atoms with Crippen molar-refractivity contribution in [3.8, 4) is 0 Å². The maximum Gasteiger partial charge on any atom is 0.241 e. The number of hydrogen-bond acceptors (Lipinski definition) is 3. The van der Waals surface area contributed by atoms with Crippen molar-refractivity contribution >= 4 is 26.0 Å². The minimum atomic E-state index is -3.66. The predicted molar refractivity (Wildman–Crippen MR) is 77.4 cm³/mol. The molecule has 20 heavy (non-hydrogen) atoms. The zero-order valence-corrected chi connectivity index (χ0v) is 13.5. The molecule has 1 N–H and O–H groups in total. The van der Waals surface area contributed by atoms with E-state index >= 15 is 0 Å². The van der Waals surface area contributed by atoms with Crippen molar-refractivity contribution in [3.63, 3.8) is 0 Å². The highest BCUT2D eigenvalue weighted by atomic mass is 79.9. The fourth-order valence-electron chi connectivity index (χ4n) is 2.31. The Bertz CT molecular complexity index is 573. The number of halogens is 2. The van der Waals surface area contributed by atoms with E-state index in [4.69, 9.17) is 4.74 Å². The molecule has 4 nitrogen and oxygen atoms in total. The molecule has 1 unspecified atom stereocenters. The van der Waals surface area contributed by atoms with Gasteiger partial charge in [0, 0.05) is 23.7 Å².